The molecule has 0 spiro atoms. The number of nitrogens with zero attached hydrogens (tertiary/aromatic N) is 2. The van der Waals surface area contributed by atoms with Gasteiger partial charge in [0.15, 0.2) is 0 Å². The van der Waals surface area contributed by atoms with Gasteiger partial charge in [-0.2, -0.15) is 0 Å². The van der Waals surface area contributed by atoms with Crippen LogP contribution in [0.2, 0.25) is 0 Å². The van der Waals surface area contributed by atoms with Crippen LogP contribution in [0.1, 0.15) is 0 Å². The summed E-state index contributed by atoms with van der Waals surface area (Å²) in [6, 6.07) is 12.1. The first-order valence-electron chi connectivity index (χ1n) is 7.47. The maximum atomic E-state index is 12.9. The molecule has 8 heteroatoms. The molecule has 1 N–H and O–H groups in total. The highest BCUT2D eigenvalue weighted by molar-refractivity contribution is 7.92. The molecule has 0 bridgehead atoms. The van der Waals surface area contributed by atoms with E-state index in [2.05, 4.69) is 5.32 Å². The molecule has 25 heavy (non-hydrogen) atoms. The Labute approximate surface area is 146 Å². The Hall–Kier alpha value is -2.61. The number of carbonyl (C=O) groups excluding carboxylic acids is 1. The number of halogens is 1. The fourth-order valence-corrected chi connectivity index (χ4v) is 3.04. The van der Waals surface area contributed by atoms with Crippen molar-refractivity contribution < 1.29 is 17.6 Å². The van der Waals surface area contributed by atoms with E-state index in [0.717, 1.165) is 16.2 Å². The number of hydrogen-bond acceptors (Lipinski definition) is 4. The second-order valence-corrected chi connectivity index (χ2v) is 7.64. The summed E-state index contributed by atoms with van der Waals surface area (Å²) in [6.45, 7) is -0.377. The van der Waals surface area contributed by atoms with Crippen LogP contribution in [0.5, 0.6) is 0 Å². The zero-order valence-corrected chi connectivity index (χ0v) is 15.0. The average Bonchev–Trinajstić information content (AvgIpc) is 2.54. The summed E-state index contributed by atoms with van der Waals surface area (Å²) in [5, 5.41) is 2.55. The third-order valence-corrected chi connectivity index (χ3v) is 4.61. The average molecular weight is 365 g/mol. The number of amides is 1. The second kappa shape index (κ2) is 7.52. The van der Waals surface area contributed by atoms with Gasteiger partial charge in [-0.05, 0) is 48.5 Å². The minimum absolute atomic E-state index is 0.377. The lowest BCUT2D eigenvalue weighted by Crippen LogP contribution is -2.37. The van der Waals surface area contributed by atoms with Gasteiger partial charge < -0.3 is 10.2 Å². The van der Waals surface area contributed by atoms with Crippen molar-refractivity contribution in [2.75, 3.05) is 41.4 Å². The minimum atomic E-state index is -3.65. The predicted molar refractivity (Wildman–Crippen MR) is 98.0 cm³/mol. The van der Waals surface area contributed by atoms with Gasteiger partial charge in [0, 0.05) is 25.5 Å². The van der Waals surface area contributed by atoms with Crippen molar-refractivity contribution in [3.05, 3.63) is 54.3 Å². The molecule has 0 heterocycles. The summed E-state index contributed by atoms with van der Waals surface area (Å²) in [5.41, 5.74) is 1.69. The van der Waals surface area contributed by atoms with Crippen LogP contribution < -0.4 is 14.5 Å². The smallest absolute Gasteiger partial charge is 0.245 e. The maximum absolute atomic E-state index is 12.9. The zero-order chi connectivity index (χ0) is 18.6. The minimum Gasteiger partial charge on any atom is -0.378 e. The van der Waals surface area contributed by atoms with Crippen molar-refractivity contribution in [3.8, 4) is 0 Å². The molecule has 134 valence electrons. The lowest BCUT2D eigenvalue weighted by Gasteiger charge is -2.23. The van der Waals surface area contributed by atoms with Crippen LogP contribution >= 0.6 is 0 Å². The summed E-state index contributed by atoms with van der Waals surface area (Å²) in [5.74, 6) is -0.939. The molecule has 0 aliphatic carbocycles. The molecule has 2 aromatic carbocycles. The second-order valence-electron chi connectivity index (χ2n) is 5.74. The number of hydrogen-bond donors (Lipinski definition) is 1. The van der Waals surface area contributed by atoms with Gasteiger partial charge in [0.1, 0.15) is 12.4 Å². The Morgan fingerprint density at radius 3 is 2.00 bits per heavy atom. The number of nitrogens with one attached hydrogen (secondary N) is 1. The highest BCUT2D eigenvalue weighted by Gasteiger charge is 2.21. The number of carbonyl (C=O) groups is 1. The number of rotatable bonds is 6. The number of benzene rings is 2. The molecule has 0 radical (unpaired) electrons. The number of anilines is 3. The van der Waals surface area contributed by atoms with Crippen LogP contribution in [-0.4, -0.2) is 41.2 Å². The maximum Gasteiger partial charge on any atom is 0.245 e. The van der Waals surface area contributed by atoms with Crippen molar-refractivity contribution in [1.82, 2.24) is 0 Å². The van der Waals surface area contributed by atoms with E-state index >= 15 is 0 Å². The molecule has 2 rings (SSSR count). The molecule has 0 atom stereocenters. The molecule has 1 amide bonds. The van der Waals surface area contributed by atoms with E-state index in [-0.39, 0.29) is 6.54 Å². The molecule has 0 unspecified atom stereocenters. The molecular weight excluding hydrogens is 345 g/mol. The third-order valence-electron chi connectivity index (χ3n) is 3.47. The van der Waals surface area contributed by atoms with Crippen LogP contribution in [0, 0.1) is 5.82 Å². The molecule has 0 saturated heterocycles. The van der Waals surface area contributed by atoms with Crippen molar-refractivity contribution in [3.63, 3.8) is 0 Å². The molecular formula is C17H20FN3O3S. The van der Waals surface area contributed by atoms with E-state index in [9.17, 15) is 17.6 Å². The van der Waals surface area contributed by atoms with Crippen molar-refractivity contribution in [2.45, 2.75) is 0 Å². The van der Waals surface area contributed by atoms with E-state index in [4.69, 9.17) is 0 Å². The molecule has 0 aliphatic rings. The Bertz CT molecular complexity index is 834. The van der Waals surface area contributed by atoms with Gasteiger partial charge >= 0.3 is 0 Å². The Kier molecular flexibility index (Phi) is 5.63. The van der Waals surface area contributed by atoms with Gasteiger partial charge in [0.05, 0.1) is 11.9 Å². The first-order valence-corrected chi connectivity index (χ1v) is 9.32. The van der Waals surface area contributed by atoms with Crippen LogP contribution in [-0.2, 0) is 14.8 Å². The predicted octanol–water partition coefficient (Wildman–Crippen LogP) is 2.30. The fourth-order valence-electron chi connectivity index (χ4n) is 2.18. The van der Waals surface area contributed by atoms with Gasteiger partial charge in [0.25, 0.3) is 0 Å². The molecule has 0 saturated carbocycles. The summed E-state index contributed by atoms with van der Waals surface area (Å²) < 4.78 is 38.1. The Morgan fingerprint density at radius 2 is 1.52 bits per heavy atom. The highest BCUT2D eigenvalue weighted by atomic mass is 32.2. The number of sulfonamides is 1. The van der Waals surface area contributed by atoms with Crippen molar-refractivity contribution >= 4 is 33.0 Å². The molecule has 0 fully saturated rings. The van der Waals surface area contributed by atoms with E-state index in [0.29, 0.717) is 11.4 Å². The SMILES string of the molecule is CN(C)c1ccc(N(CC(=O)Nc2ccc(F)cc2)S(C)(=O)=O)cc1. The largest absolute Gasteiger partial charge is 0.378 e. The van der Waals surface area contributed by atoms with Gasteiger partial charge in [-0.3, -0.25) is 9.10 Å². The van der Waals surface area contributed by atoms with Crippen LogP contribution in [0.4, 0.5) is 21.5 Å². The monoisotopic (exact) mass is 365 g/mol. The topological polar surface area (TPSA) is 69.7 Å². The Balaban J connectivity index is 2.17. The van der Waals surface area contributed by atoms with Crippen molar-refractivity contribution in [2.24, 2.45) is 0 Å². The van der Waals surface area contributed by atoms with Gasteiger partial charge in [0.2, 0.25) is 15.9 Å². The van der Waals surface area contributed by atoms with Crippen LogP contribution in [0.3, 0.4) is 0 Å². The molecule has 6 nitrogen and oxygen atoms in total. The van der Waals surface area contributed by atoms with E-state index in [1.807, 2.05) is 19.0 Å². The summed E-state index contributed by atoms with van der Waals surface area (Å²) in [4.78, 5) is 14.1. The first-order chi connectivity index (χ1) is 11.7. The van der Waals surface area contributed by atoms with E-state index < -0.39 is 21.7 Å². The summed E-state index contributed by atoms with van der Waals surface area (Å²) in [7, 11) is 0.103. The summed E-state index contributed by atoms with van der Waals surface area (Å²) in [6.07, 6.45) is 1.04. The fraction of sp³-hybridized carbons (Fsp3) is 0.235. The molecule has 2 aromatic rings. The quantitative estimate of drug-likeness (QED) is 0.853. The Morgan fingerprint density at radius 1 is 1.00 bits per heavy atom. The standard InChI is InChI=1S/C17H20FN3O3S/c1-20(2)15-8-10-16(11-9-15)21(25(3,23)24)12-17(22)19-14-6-4-13(18)5-7-14/h4-11H,12H2,1-3H3,(H,19,22). The van der Waals surface area contributed by atoms with Gasteiger partial charge in [-0.25, -0.2) is 12.8 Å². The van der Waals surface area contributed by atoms with Crippen molar-refractivity contribution in [1.29, 1.82) is 0 Å². The third kappa shape index (κ3) is 5.18. The molecule has 0 aliphatic heterocycles. The van der Waals surface area contributed by atoms with Gasteiger partial charge in [-0.15, -0.1) is 0 Å². The summed E-state index contributed by atoms with van der Waals surface area (Å²) >= 11 is 0. The van der Waals surface area contributed by atoms with Crippen LogP contribution in [0.15, 0.2) is 48.5 Å². The zero-order valence-electron chi connectivity index (χ0n) is 14.2. The van der Waals surface area contributed by atoms with E-state index in [1.54, 1.807) is 24.3 Å². The highest BCUT2D eigenvalue weighted by Crippen LogP contribution is 2.21. The van der Waals surface area contributed by atoms with Crippen LogP contribution in [0.25, 0.3) is 0 Å². The lowest BCUT2D eigenvalue weighted by molar-refractivity contribution is -0.114. The normalized spacial score (nSPS) is 11.0. The van der Waals surface area contributed by atoms with Gasteiger partial charge in [-0.1, -0.05) is 0 Å². The lowest BCUT2D eigenvalue weighted by atomic mass is 10.2. The first kappa shape index (κ1) is 18.7. The molecule has 0 aromatic heterocycles. The van der Waals surface area contributed by atoms with E-state index in [1.165, 1.54) is 24.3 Å².